The summed E-state index contributed by atoms with van der Waals surface area (Å²) in [6.45, 7) is 0.409. The Bertz CT molecular complexity index is 671. The first-order valence-electron chi connectivity index (χ1n) is 7.42. The van der Waals surface area contributed by atoms with Gasteiger partial charge in [0.15, 0.2) is 0 Å². The third kappa shape index (κ3) is 3.10. The largest absolute Gasteiger partial charge is 0.495 e. The Hall–Kier alpha value is -2.64. The quantitative estimate of drug-likeness (QED) is 0.655. The molecule has 0 radical (unpaired) electrons. The summed E-state index contributed by atoms with van der Waals surface area (Å²) in [5.74, 6) is -0.418. The number of carbonyl (C=O) groups is 2. The molecule has 1 atom stereocenters. The molecule has 0 spiro atoms. The van der Waals surface area contributed by atoms with Crippen LogP contribution in [0.2, 0.25) is 0 Å². The van der Waals surface area contributed by atoms with Crippen LogP contribution in [0.15, 0.2) is 18.2 Å². The fraction of sp³-hybridized carbons (Fsp3) is 0.467. The van der Waals surface area contributed by atoms with Gasteiger partial charge in [-0.3, -0.25) is 19.7 Å². The molecule has 2 fully saturated rings. The van der Waals surface area contributed by atoms with Crippen LogP contribution >= 0.6 is 0 Å². The smallest absolute Gasteiger partial charge is 0.271 e. The van der Waals surface area contributed by atoms with E-state index in [2.05, 4.69) is 5.32 Å². The summed E-state index contributed by atoms with van der Waals surface area (Å²) in [6, 6.07) is 4.28. The molecule has 1 heterocycles. The van der Waals surface area contributed by atoms with Gasteiger partial charge < -0.3 is 15.0 Å². The minimum atomic E-state index is -0.539. The van der Waals surface area contributed by atoms with Gasteiger partial charge in [-0.1, -0.05) is 0 Å². The minimum absolute atomic E-state index is 0.00124. The van der Waals surface area contributed by atoms with Crippen LogP contribution < -0.4 is 10.1 Å². The highest BCUT2D eigenvalue weighted by atomic mass is 16.6. The number of rotatable bonds is 5. The first kappa shape index (κ1) is 15.3. The van der Waals surface area contributed by atoms with Crippen molar-refractivity contribution in [1.29, 1.82) is 0 Å². The van der Waals surface area contributed by atoms with Crippen molar-refractivity contribution in [3.8, 4) is 5.75 Å². The number of nitrogens with zero attached hydrogens (tertiary/aromatic N) is 2. The van der Waals surface area contributed by atoms with Gasteiger partial charge in [-0.2, -0.15) is 0 Å². The number of hydrogen-bond donors (Lipinski definition) is 1. The van der Waals surface area contributed by atoms with E-state index in [1.807, 2.05) is 0 Å². The van der Waals surface area contributed by atoms with Gasteiger partial charge in [-0.05, 0) is 18.9 Å². The lowest BCUT2D eigenvalue weighted by molar-refractivity contribution is -0.384. The number of hydrogen-bond acceptors (Lipinski definition) is 5. The Morgan fingerprint density at radius 2 is 2.17 bits per heavy atom. The lowest BCUT2D eigenvalue weighted by atomic mass is 10.1. The van der Waals surface area contributed by atoms with Gasteiger partial charge in [0.1, 0.15) is 5.75 Å². The van der Waals surface area contributed by atoms with Gasteiger partial charge in [0, 0.05) is 31.1 Å². The predicted molar refractivity (Wildman–Crippen MR) is 81.1 cm³/mol. The highest BCUT2D eigenvalue weighted by Crippen LogP contribution is 2.34. The molecule has 122 valence electrons. The first-order chi connectivity index (χ1) is 11.0. The van der Waals surface area contributed by atoms with Crippen molar-refractivity contribution in [1.82, 2.24) is 4.90 Å². The van der Waals surface area contributed by atoms with Crippen LogP contribution in [-0.2, 0) is 9.59 Å². The zero-order chi connectivity index (χ0) is 16.6. The van der Waals surface area contributed by atoms with E-state index < -0.39 is 10.8 Å². The minimum Gasteiger partial charge on any atom is -0.495 e. The van der Waals surface area contributed by atoms with Crippen LogP contribution in [-0.4, -0.2) is 41.3 Å². The van der Waals surface area contributed by atoms with Crippen molar-refractivity contribution in [3.63, 3.8) is 0 Å². The Labute approximate surface area is 132 Å². The van der Waals surface area contributed by atoms with Crippen LogP contribution in [0.5, 0.6) is 5.75 Å². The van der Waals surface area contributed by atoms with E-state index >= 15 is 0 Å². The standard InChI is InChI=1S/C15H17N3O5/c1-23-13-5-4-11(18(21)22)7-12(13)16-15(20)9-6-14(19)17(8-9)10-2-3-10/h4-5,7,9-10H,2-3,6,8H2,1H3,(H,16,20)/t9-/m1/s1. The van der Waals surface area contributed by atoms with Crippen molar-refractivity contribution in [3.05, 3.63) is 28.3 Å². The van der Waals surface area contributed by atoms with Crippen LogP contribution in [0, 0.1) is 16.0 Å². The summed E-state index contributed by atoms with van der Waals surface area (Å²) in [7, 11) is 1.42. The number of amides is 2. The van der Waals surface area contributed by atoms with Gasteiger partial charge in [0.05, 0.1) is 23.6 Å². The number of benzene rings is 1. The highest BCUT2D eigenvalue weighted by Gasteiger charge is 2.41. The van der Waals surface area contributed by atoms with Gasteiger partial charge in [0.25, 0.3) is 5.69 Å². The molecular weight excluding hydrogens is 302 g/mol. The second-order valence-corrected chi connectivity index (χ2v) is 5.81. The molecule has 1 saturated carbocycles. The fourth-order valence-corrected chi connectivity index (χ4v) is 2.79. The summed E-state index contributed by atoms with van der Waals surface area (Å²) >= 11 is 0. The maximum atomic E-state index is 12.4. The second kappa shape index (κ2) is 5.86. The third-order valence-electron chi connectivity index (χ3n) is 4.17. The van der Waals surface area contributed by atoms with Gasteiger partial charge in [0.2, 0.25) is 11.8 Å². The maximum absolute atomic E-state index is 12.4. The molecule has 1 saturated heterocycles. The molecule has 2 aliphatic rings. The topological polar surface area (TPSA) is 102 Å². The highest BCUT2D eigenvalue weighted by molar-refractivity contribution is 5.98. The molecule has 8 nitrogen and oxygen atoms in total. The number of ether oxygens (including phenoxy) is 1. The zero-order valence-corrected chi connectivity index (χ0v) is 12.7. The predicted octanol–water partition coefficient (Wildman–Crippen LogP) is 1.55. The van der Waals surface area contributed by atoms with Crippen LogP contribution in [0.4, 0.5) is 11.4 Å². The number of likely N-dealkylation sites (tertiary alicyclic amines) is 1. The molecule has 2 amide bonds. The Morgan fingerprint density at radius 3 is 2.78 bits per heavy atom. The van der Waals surface area contributed by atoms with Crippen molar-refractivity contribution < 1.29 is 19.2 Å². The fourth-order valence-electron chi connectivity index (χ4n) is 2.79. The zero-order valence-electron chi connectivity index (χ0n) is 12.7. The second-order valence-electron chi connectivity index (χ2n) is 5.81. The monoisotopic (exact) mass is 319 g/mol. The average Bonchev–Trinajstić information content (AvgIpc) is 3.29. The van der Waals surface area contributed by atoms with Crippen molar-refractivity contribution in [2.24, 2.45) is 5.92 Å². The average molecular weight is 319 g/mol. The van der Waals surface area contributed by atoms with E-state index in [4.69, 9.17) is 4.74 Å². The molecule has 1 aliphatic heterocycles. The number of carbonyl (C=O) groups excluding carboxylic acids is 2. The number of nitro groups is 1. The van der Waals surface area contributed by atoms with E-state index in [1.165, 1.54) is 25.3 Å². The molecule has 8 heteroatoms. The molecule has 1 aromatic rings. The molecule has 3 rings (SSSR count). The van der Waals surface area contributed by atoms with E-state index in [0.717, 1.165) is 12.8 Å². The molecule has 1 aliphatic carbocycles. The van der Waals surface area contributed by atoms with E-state index in [0.29, 0.717) is 12.3 Å². The number of anilines is 1. The Morgan fingerprint density at radius 1 is 1.43 bits per heavy atom. The number of non-ortho nitro benzene ring substituents is 1. The van der Waals surface area contributed by atoms with Crippen LogP contribution in [0.3, 0.4) is 0 Å². The van der Waals surface area contributed by atoms with E-state index in [9.17, 15) is 19.7 Å². The normalized spacial score (nSPS) is 20.5. The summed E-state index contributed by atoms with van der Waals surface area (Å²) in [5.41, 5.74) is 0.104. The molecule has 0 bridgehead atoms. The summed E-state index contributed by atoms with van der Waals surface area (Å²) < 4.78 is 5.12. The first-order valence-corrected chi connectivity index (χ1v) is 7.42. The Balaban J connectivity index is 1.73. The Kier molecular flexibility index (Phi) is 3.89. The van der Waals surface area contributed by atoms with Crippen LogP contribution in [0.25, 0.3) is 0 Å². The number of nitro benzene ring substituents is 1. The summed E-state index contributed by atoms with van der Waals surface area (Å²) in [6.07, 6.45) is 2.18. The van der Waals surface area contributed by atoms with Crippen molar-refractivity contribution in [2.45, 2.75) is 25.3 Å². The van der Waals surface area contributed by atoms with Crippen LogP contribution in [0.1, 0.15) is 19.3 Å². The maximum Gasteiger partial charge on any atom is 0.271 e. The number of nitrogens with one attached hydrogen (secondary N) is 1. The molecule has 1 aromatic carbocycles. The lowest BCUT2D eigenvalue weighted by Gasteiger charge is -2.16. The summed E-state index contributed by atoms with van der Waals surface area (Å²) in [5, 5.41) is 13.5. The lowest BCUT2D eigenvalue weighted by Crippen LogP contribution is -2.29. The molecule has 23 heavy (non-hydrogen) atoms. The summed E-state index contributed by atoms with van der Waals surface area (Å²) in [4.78, 5) is 36.4. The van der Waals surface area contributed by atoms with E-state index in [1.54, 1.807) is 4.90 Å². The van der Waals surface area contributed by atoms with Crippen molar-refractivity contribution in [2.75, 3.05) is 19.0 Å². The third-order valence-corrected chi connectivity index (χ3v) is 4.17. The van der Waals surface area contributed by atoms with E-state index in [-0.39, 0.29) is 35.7 Å². The van der Waals surface area contributed by atoms with Gasteiger partial charge in [-0.15, -0.1) is 0 Å². The van der Waals surface area contributed by atoms with Crippen molar-refractivity contribution >= 4 is 23.2 Å². The molecular formula is C15H17N3O5. The molecule has 0 unspecified atom stereocenters. The molecule has 1 N–H and O–H groups in total. The number of methoxy groups -OCH3 is 1. The van der Waals surface area contributed by atoms with Gasteiger partial charge >= 0.3 is 0 Å². The SMILES string of the molecule is COc1ccc([N+](=O)[O-])cc1NC(=O)[C@@H]1CC(=O)N(C2CC2)C1. The van der Waals surface area contributed by atoms with Gasteiger partial charge in [-0.25, -0.2) is 0 Å². The molecule has 0 aromatic heterocycles.